The van der Waals surface area contributed by atoms with E-state index in [1.54, 1.807) is 20.8 Å². The second kappa shape index (κ2) is 6.00. The molecule has 1 atom stereocenters. The summed E-state index contributed by atoms with van der Waals surface area (Å²) < 4.78 is 26.1. The minimum Gasteiger partial charge on any atom is -0.477 e. The van der Waals surface area contributed by atoms with Crippen molar-refractivity contribution in [1.82, 2.24) is 4.72 Å². The van der Waals surface area contributed by atoms with Gasteiger partial charge in [0.15, 0.2) is 0 Å². The fourth-order valence-electron chi connectivity index (χ4n) is 1.30. The van der Waals surface area contributed by atoms with Crippen LogP contribution in [0.4, 0.5) is 0 Å². The number of aliphatic hydroxyl groups excluding tert-OH is 1. The van der Waals surface area contributed by atoms with Crippen LogP contribution >= 0.6 is 11.3 Å². The number of nitrogens with one attached hydrogen (secondary N) is 1. The number of carboxylic acid groups (broad SMARTS) is 1. The Kier molecular flexibility index (Phi) is 5.08. The topological polar surface area (TPSA) is 104 Å². The quantitative estimate of drug-likeness (QED) is 0.729. The van der Waals surface area contributed by atoms with Crippen LogP contribution in [-0.4, -0.2) is 37.2 Å². The summed E-state index contributed by atoms with van der Waals surface area (Å²) in [5.41, 5.74) is 0.405. The van der Waals surface area contributed by atoms with E-state index in [-0.39, 0.29) is 21.5 Å². The van der Waals surface area contributed by atoms with Crippen molar-refractivity contribution in [2.75, 3.05) is 6.54 Å². The maximum Gasteiger partial charge on any atom is 0.346 e. The fraction of sp³-hybridized carbons (Fsp3) is 0.545. The molecule has 0 saturated carbocycles. The zero-order valence-electron chi connectivity index (χ0n) is 10.9. The number of aliphatic hydroxyl groups is 1. The van der Waals surface area contributed by atoms with Gasteiger partial charge in [-0.05, 0) is 24.5 Å². The molecule has 0 fully saturated rings. The van der Waals surface area contributed by atoms with Crippen LogP contribution < -0.4 is 4.72 Å². The van der Waals surface area contributed by atoms with Crippen LogP contribution in [0, 0.1) is 12.8 Å². The second-order valence-electron chi connectivity index (χ2n) is 4.55. The average Bonchev–Trinajstić information content (AvgIpc) is 2.69. The highest BCUT2D eigenvalue weighted by molar-refractivity contribution is 7.91. The molecule has 19 heavy (non-hydrogen) atoms. The third kappa shape index (κ3) is 4.00. The molecule has 0 aliphatic rings. The van der Waals surface area contributed by atoms with Gasteiger partial charge in [-0.25, -0.2) is 17.9 Å². The van der Waals surface area contributed by atoms with E-state index in [1.165, 1.54) is 6.07 Å². The Morgan fingerprint density at radius 3 is 2.47 bits per heavy atom. The number of hydrogen-bond acceptors (Lipinski definition) is 5. The molecule has 6 nitrogen and oxygen atoms in total. The van der Waals surface area contributed by atoms with Gasteiger partial charge in [-0.1, -0.05) is 13.8 Å². The Balaban J connectivity index is 2.89. The maximum atomic E-state index is 11.9. The van der Waals surface area contributed by atoms with Crippen molar-refractivity contribution >= 4 is 27.3 Å². The van der Waals surface area contributed by atoms with E-state index in [0.29, 0.717) is 16.9 Å². The van der Waals surface area contributed by atoms with Crippen LogP contribution in [0.2, 0.25) is 0 Å². The zero-order valence-corrected chi connectivity index (χ0v) is 12.5. The molecule has 1 heterocycles. The van der Waals surface area contributed by atoms with Crippen LogP contribution in [0.3, 0.4) is 0 Å². The van der Waals surface area contributed by atoms with E-state index < -0.39 is 22.1 Å². The molecule has 8 heteroatoms. The molecule has 108 valence electrons. The van der Waals surface area contributed by atoms with Gasteiger partial charge >= 0.3 is 5.97 Å². The van der Waals surface area contributed by atoms with E-state index in [4.69, 9.17) is 5.11 Å². The standard InChI is InChI=1S/C11H17NO5S2/c1-6(2)8(13)5-12-19(16,17)9-4-7(3)10(18-9)11(14)15/h4,6,8,12-13H,5H2,1-3H3,(H,14,15). The Bertz CT molecular complexity index is 562. The first-order valence-electron chi connectivity index (χ1n) is 5.66. The Labute approximate surface area is 116 Å². The summed E-state index contributed by atoms with van der Waals surface area (Å²) in [5.74, 6) is -1.21. The molecular weight excluding hydrogens is 290 g/mol. The van der Waals surface area contributed by atoms with Gasteiger partial charge in [0.2, 0.25) is 10.0 Å². The van der Waals surface area contributed by atoms with E-state index in [0.717, 1.165) is 0 Å². The molecule has 0 bridgehead atoms. The molecule has 3 N–H and O–H groups in total. The van der Waals surface area contributed by atoms with Crippen molar-refractivity contribution in [3.63, 3.8) is 0 Å². The van der Waals surface area contributed by atoms with Crippen LogP contribution in [-0.2, 0) is 10.0 Å². The van der Waals surface area contributed by atoms with Crippen LogP contribution in [0.25, 0.3) is 0 Å². The SMILES string of the molecule is Cc1cc(S(=O)(=O)NCC(O)C(C)C)sc1C(=O)O. The third-order valence-corrected chi connectivity index (χ3v) is 5.73. The molecule has 0 aliphatic carbocycles. The predicted octanol–water partition coefficient (Wildman–Crippen LogP) is 1.05. The highest BCUT2D eigenvalue weighted by Crippen LogP contribution is 2.25. The van der Waals surface area contributed by atoms with Gasteiger partial charge in [-0.2, -0.15) is 0 Å². The fourth-order valence-corrected chi connectivity index (χ4v) is 3.77. The smallest absolute Gasteiger partial charge is 0.346 e. The lowest BCUT2D eigenvalue weighted by Crippen LogP contribution is -2.34. The first-order valence-corrected chi connectivity index (χ1v) is 7.96. The summed E-state index contributed by atoms with van der Waals surface area (Å²) in [6, 6.07) is 1.32. The summed E-state index contributed by atoms with van der Waals surface area (Å²) >= 11 is 0.703. The molecule has 0 spiro atoms. The average molecular weight is 307 g/mol. The molecule has 0 aromatic carbocycles. The van der Waals surface area contributed by atoms with E-state index in [1.807, 2.05) is 0 Å². The number of aryl methyl sites for hydroxylation is 1. The maximum absolute atomic E-state index is 11.9. The highest BCUT2D eigenvalue weighted by atomic mass is 32.2. The van der Waals surface area contributed by atoms with Gasteiger partial charge < -0.3 is 10.2 Å². The second-order valence-corrected chi connectivity index (χ2v) is 7.59. The lowest BCUT2D eigenvalue weighted by atomic mass is 10.1. The Morgan fingerprint density at radius 2 is 2.05 bits per heavy atom. The lowest BCUT2D eigenvalue weighted by molar-refractivity contribution is 0.0701. The largest absolute Gasteiger partial charge is 0.477 e. The number of sulfonamides is 1. The zero-order chi connectivity index (χ0) is 14.8. The van der Waals surface area contributed by atoms with Gasteiger partial charge in [0.05, 0.1) is 6.10 Å². The van der Waals surface area contributed by atoms with Gasteiger partial charge in [0.25, 0.3) is 0 Å². The first-order chi connectivity index (χ1) is 8.65. The summed E-state index contributed by atoms with van der Waals surface area (Å²) in [7, 11) is -3.78. The minimum atomic E-state index is -3.78. The van der Waals surface area contributed by atoms with Crippen molar-refractivity contribution in [2.45, 2.75) is 31.1 Å². The highest BCUT2D eigenvalue weighted by Gasteiger charge is 2.22. The molecule has 0 amide bonds. The van der Waals surface area contributed by atoms with E-state index >= 15 is 0 Å². The van der Waals surface area contributed by atoms with Gasteiger partial charge in [0.1, 0.15) is 9.09 Å². The van der Waals surface area contributed by atoms with Gasteiger partial charge in [-0.3, -0.25) is 0 Å². The minimum absolute atomic E-state index is 0.00443. The van der Waals surface area contributed by atoms with Crippen molar-refractivity contribution in [3.05, 3.63) is 16.5 Å². The molecule has 1 aromatic rings. The summed E-state index contributed by atoms with van der Waals surface area (Å²) in [5, 5.41) is 18.5. The van der Waals surface area contributed by atoms with Crippen molar-refractivity contribution < 1.29 is 23.4 Å². The predicted molar refractivity (Wildman–Crippen MR) is 72.0 cm³/mol. The Morgan fingerprint density at radius 1 is 1.47 bits per heavy atom. The molecule has 1 rings (SSSR count). The number of carbonyl (C=O) groups is 1. The number of hydrogen-bond donors (Lipinski definition) is 3. The van der Waals surface area contributed by atoms with Crippen molar-refractivity contribution in [3.8, 4) is 0 Å². The number of rotatable bonds is 6. The Hall–Kier alpha value is -0.960. The molecule has 0 aliphatic heterocycles. The van der Waals surface area contributed by atoms with Crippen LogP contribution in [0.1, 0.15) is 29.1 Å². The normalized spacial score (nSPS) is 13.7. The van der Waals surface area contributed by atoms with Crippen LogP contribution in [0.5, 0.6) is 0 Å². The molecule has 0 radical (unpaired) electrons. The van der Waals surface area contributed by atoms with Gasteiger partial charge in [0, 0.05) is 6.54 Å². The number of aromatic carboxylic acids is 1. The van der Waals surface area contributed by atoms with Crippen LogP contribution in [0.15, 0.2) is 10.3 Å². The van der Waals surface area contributed by atoms with Gasteiger partial charge in [-0.15, -0.1) is 11.3 Å². The van der Waals surface area contributed by atoms with Crippen molar-refractivity contribution in [2.24, 2.45) is 5.92 Å². The van der Waals surface area contributed by atoms with E-state index in [2.05, 4.69) is 4.72 Å². The molecule has 1 unspecified atom stereocenters. The monoisotopic (exact) mass is 307 g/mol. The third-order valence-electron chi connectivity index (χ3n) is 2.61. The molecule has 1 aromatic heterocycles. The number of thiophene rings is 1. The number of carboxylic acids is 1. The molecule has 0 saturated heterocycles. The summed E-state index contributed by atoms with van der Waals surface area (Å²) in [4.78, 5) is 10.9. The first kappa shape index (κ1) is 16.1. The van der Waals surface area contributed by atoms with E-state index in [9.17, 15) is 18.3 Å². The van der Waals surface area contributed by atoms with Crippen molar-refractivity contribution in [1.29, 1.82) is 0 Å². The summed E-state index contributed by atoms with van der Waals surface area (Å²) in [6.07, 6.45) is -0.783. The summed E-state index contributed by atoms with van der Waals surface area (Å²) in [6.45, 7) is 4.99. The lowest BCUT2D eigenvalue weighted by Gasteiger charge is -2.14. The molecular formula is C11H17NO5S2.